The topological polar surface area (TPSA) is 139 Å². The molecular formula is C28H35N5O4. The molecule has 2 aromatic heterocycles. The molecule has 2 heterocycles. The molecule has 4 rings (SSSR count). The van der Waals surface area contributed by atoms with Gasteiger partial charge in [-0.25, -0.2) is 0 Å². The molecule has 0 spiro atoms. The second kappa shape index (κ2) is 14.4. The molecule has 0 saturated carbocycles. The molecule has 2 amide bonds. The van der Waals surface area contributed by atoms with Gasteiger partial charge < -0.3 is 31.0 Å². The van der Waals surface area contributed by atoms with Crippen molar-refractivity contribution in [1.29, 1.82) is 0 Å². The second-order valence-corrected chi connectivity index (χ2v) is 8.69. The average molecular weight is 506 g/mol. The Kier molecular flexibility index (Phi) is 10.7. The number of H-pyrrole nitrogens is 2. The van der Waals surface area contributed by atoms with Crippen LogP contribution < -0.4 is 16.0 Å². The number of hydrogen-bond acceptors (Lipinski definition) is 4. The number of aryl methyl sites for hydroxylation is 2. The number of fused-ring (bicyclic) bond motifs is 2. The van der Waals surface area contributed by atoms with Crippen molar-refractivity contribution < 1.29 is 19.5 Å². The minimum Gasteiger partial charge on any atom is -0.481 e. The molecule has 0 aliphatic carbocycles. The first-order chi connectivity index (χ1) is 17.9. The van der Waals surface area contributed by atoms with Crippen LogP contribution in [0.1, 0.15) is 30.9 Å². The van der Waals surface area contributed by atoms with E-state index in [1.807, 2.05) is 48.8 Å². The molecule has 37 heavy (non-hydrogen) atoms. The smallest absolute Gasteiger partial charge is 0.300 e. The summed E-state index contributed by atoms with van der Waals surface area (Å²) in [6.45, 7) is 3.57. The van der Waals surface area contributed by atoms with Gasteiger partial charge in [0.1, 0.15) is 0 Å². The van der Waals surface area contributed by atoms with Crippen LogP contribution in [0.5, 0.6) is 0 Å². The van der Waals surface area contributed by atoms with Crippen LogP contribution in [0, 0.1) is 0 Å². The zero-order chi connectivity index (χ0) is 26.5. The summed E-state index contributed by atoms with van der Waals surface area (Å²) in [5, 5.41) is 18.9. The van der Waals surface area contributed by atoms with E-state index in [0.717, 1.165) is 18.0 Å². The predicted octanol–water partition coefficient (Wildman–Crippen LogP) is 3.13. The molecule has 0 atom stereocenters. The third-order valence-electron chi connectivity index (χ3n) is 5.84. The predicted molar refractivity (Wildman–Crippen MR) is 145 cm³/mol. The Bertz CT molecular complexity index is 1210. The molecule has 196 valence electrons. The molecule has 0 bridgehead atoms. The normalized spacial score (nSPS) is 10.6. The standard InChI is InChI=1S/C26H31N5O2.C2H4O2/c32-25(11-9-19-17-30-23-7-3-1-5-21(19)23)28-15-13-27-14-16-29-26(33)12-10-20-18-31-24-8-4-2-6-22(20)24;1-2(3)4/h1-8,17-18,27,30-31H,9-16H2,(H,28,32)(H,29,33);1H3,(H,3,4). The number of benzene rings is 2. The number of rotatable bonds is 12. The Morgan fingerprint density at radius 2 is 1.11 bits per heavy atom. The molecule has 0 aliphatic rings. The Labute approximate surface area is 216 Å². The van der Waals surface area contributed by atoms with Crippen molar-refractivity contribution >= 4 is 39.6 Å². The third kappa shape index (κ3) is 9.12. The van der Waals surface area contributed by atoms with Gasteiger partial charge in [0.2, 0.25) is 11.8 Å². The highest BCUT2D eigenvalue weighted by Gasteiger charge is 2.07. The van der Waals surface area contributed by atoms with Crippen LogP contribution >= 0.6 is 0 Å². The molecule has 0 fully saturated rings. The maximum absolute atomic E-state index is 12.1. The van der Waals surface area contributed by atoms with Crippen LogP contribution in [-0.2, 0) is 27.2 Å². The Morgan fingerprint density at radius 1 is 0.703 bits per heavy atom. The summed E-state index contributed by atoms with van der Waals surface area (Å²) in [5.41, 5.74) is 4.53. The number of aliphatic carboxylic acids is 1. The van der Waals surface area contributed by atoms with Crippen LogP contribution in [0.2, 0.25) is 0 Å². The van der Waals surface area contributed by atoms with Crippen LogP contribution in [0.4, 0.5) is 0 Å². The van der Waals surface area contributed by atoms with Gasteiger partial charge in [0.05, 0.1) is 0 Å². The lowest BCUT2D eigenvalue weighted by atomic mass is 10.1. The monoisotopic (exact) mass is 505 g/mol. The van der Waals surface area contributed by atoms with Crippen molar-refractivity contribution in [3.05, 3.63) is 72.1 Å². The summed E-state index contributed by atoms with van der Waals surface area (Å²) in [6.07, 6.45) is 6.33. The number of carbonyl (C=O) groups excluding carboxylic acids is 2. The summed E-state index contributed by atoms with van der Waals surface area (Å²) in [4.78, 5) is 39.7. The fraction of sp³-hybridized carbons (Fsp3) is 0.321. The largest absolute Gasteiger partial charge is 0.481 e. The summed E-state index contributed by atoms with van der Waals surface area (Å²) >= 11 is 0. The lowest BCUT2D eigenvalue weighted by Crippen LogP contribution is -2.36. The first-order valence-corrected chi connectivity index (χ1v) is 12.5. The Balaban J connectivity index is 0.000000886. The fourth-order valence-electron chi connectivity index (χ4n) is 4.06. The third-order valence-corrected chi connectivity index (χ3v) is 5.84. The van der Waals surface area contributed by atoms with Gasteiger partial charge in [-0.1, -0.05) is 36.4 Å². The first-order valence-electron chi connectivity index (χ1n) is 12.5. The number of carboxylic acid groups (broad SMARTS) is 1. The van der Waals surface area contributed by atoms with Crippen molar-refractivity contribution in [3.8, 4) is 0 Å². The van der Waals surface area contributed by atoms with E-state index in [1.54, 1.807) is 0 Å². The van der Waals surface area contributed by atoms with Crippen molar-refractivity contribution in [2.24, 2.45) is 0 Å². The minimum absolute atomic E-state index is 0.0488. The number of hydrogen-bond donors (Lipinski definition) is 6. The molecule has 4 aromatic rings. The molecular weight excluding hydrogens is 470 g/mol. The quantitative estimate of drug-likeness (QED) is 0.164. The lowest BCUT2D eigenvalue weighted by molar-refractivity contribution is -0.134. The van der Waals surface area contributed by atoms with E-state index in [0.29, 0.717) is 51.9 Å². The number of amides is 2. The van der Waals surface area contributed by atoms with Crippen molar-refractivity contribution in [1.82, 2.24) is 25.9 Å². The van der Waals surface area contributed by atoms with Gasteiger partial charge >= 0.3 is 0 Å². The zero-order valence-electron chi connectivity index (χ0n) is 21.1. The molecule has 9 heteroatoms. The van der Waals surface area contributed by atoms with E-state index in [-0.39, 0.29) is 11.8 Å². The van der Waals surface area contributed by atoms with E-state index in [4.69, 9.17) is 9.90 Å². The van der Waals surface area contributed by atoms with E-state index >= 15 is 0 Å². The van der Waals surface area contributed by atoms with Crippen molar-refractivity contribution in [2.75, 3.05) is 26.2 Å². The van der Waals surface area contributed by atoms with E-state index < -0.39 is 5.97 Å². The van der Waals surface area contributed by atoms with E-state index in [2.05, 4.69) is 38.1 Å². The van der Waals surface area contributed by atoms with Crippen LogP contribution in [0.15, 0.2) is 60.9 Å². The lowest BCUT2D eigenvalue weighted by Gasteiger charge is -2.08. The summed E-state index contributed by atoms with van der Waals surface area (Å²) in [7, 11) is 0. The zero-order valence-corrected chi connectivity index (χ0v) is 21.1. The Hall–Kier alpha value is -4.11. The molecule has 6 N–H and O–H groups in total. The minimum atomic E-state index is -0.833. The Morgan fingerprint density at radius 3 is 1.54 bits per heavy atom. The van der Waals surface area contributed by atoms with Crippen molar-refractivity contribution in [2.45, 2.75) is 32.6 Å². The number of aromatic nitrogens is 2. The van der Waals surface area contributed by atoms with Gasteiger partial charge in [-0.15, -0.1) is 0 Å². The van der Waals surface area contributed by atoms with Gasteiger partial charge in [0.25, 0.3) is 5.97 Å². The highest BCUT2D eigenvalue weighted by atomic mass is 16.4. The van der Waals surface area contributed by atoms with E-state index in [9.17, 15) is 9.59 Å². The number of aromatic amines is 2. The van der Waals surface area contributed by atoms with Crippen LogP contribution in [0.3, 0.4) is 0 Å². The van der Waals surface area contributed by atoms with Crippen LogP contribution in [0.25, 0.3) is 21.8 Å². The fourth-order valence-corrected chi connectivity index (χ4v) is 4.06. The van der Waals surface area contributed by atoms with Gasteiger partial charge in [-0.3, -0.25) is 14.4 Å². The number of carboxylic acids is 1. The van der Waals surface area contributed by atoms with Gasteiger partial charge in [0.15, 0.2) is 0 Å². The molecule has 0 radical (unpaired) electrons. The van der Waals surface area contributed by atoms with Gasteiger partial charge in [-0.2, -0.15) is 0 Å². The van der Waals surface area contributed by atoms with Crippen molar-refractivity contribution in [3.63, 3.8) is 0 Å². The van der Waals surface area contributed by atoms with E-state index in [1.165, 1.54) is 21.9 Å². The highest BCUT2D eigenvalue weighted by molar-refractivity contribution is 5.85. The highest BCUT2D eigenvalue weighted by Crippen LogP contribution is 2.19. The first kappa shape index (κ1) is 27.5. The molecule has 9 nitrogen and oxygen atoms in total. The molecule has 0 unspecified atom stereocenters. The molecule has 2 aromatic carbocycles. The maximum atomic E-state index is 12.1. The molecule has 0 saturated heterocycles. The number of para-hydroxylation sites is 2. The average Bonchev–Trinajstić information content (AvgIpc) is 3.49. The second-order valence-electron chi connectivity index (χ2n) is 8.69. The van der Waals surface area contributed by atoms with Crippen LogP contribution in [-0.4, -0.2) is 59.0 Å². The summed E-state index contributed by atoms with van der Waals surface area (Å²) in [6, 6.07) is 16.2. The maximum Gasteiger partial charge on any atom is 0.300 e. The summed E-state index contributed by atoms with van der Waals surface area (Å²) < 4.78 is 0. The number of carbonyl (C=O) groups is 3. The van der Waals surface area contributed by atoms with Gasteiger partial charge in [-0.05, 0) is 36.1 Å². The molecule has 0 aliphatic heterocycles. The van der Waals surface area contributed by atoms with Gasteiger partial charge in [0, 0.05) is 80.1 Å². The SMILES string of the molecule is CC(=O)O.O=C(CCc1c[nH]c2ccccc12)NCCNCCNC(=O)CCc1c[nH]c2ccccc12. The summed E-state index contributed by atoms with van der Waals surface area (Å²) in [5.74, 6) is -0.736. The number of nitrogens with one attached hydrogen (secondary N) is 5.